The van der Waals surface area contributed by atoms with Gasteiger partial charge in [-0.25, -0.2) is 0 Å². The van der Waals surface area contributed by atoms with Gasteiger partial charge < -0.3 is 21.4 Å². The van der Waals surface area contributed by atoms with Crippen LogP contribution in [0.15, 0.2) is 48.7 Å². The molecule has 33 heavy (non-hydrogen) atoms. The largest absolute Gasteiger partial charge is 0.350 e. The molecule has 0 spiro atoms. The van der Waals surface area contributed by atoms with Crippen LogP contribution in [0.4, 0.5) is 0 Å². The Morgan fingerprint density at radius 2 is 1.76 bits per heavy atom. The normalized spacial score (nSPS) is 12.2. The van der Waals surface area contributed by atoms with Crippen molar-refractivity contribution in [2.75, 3.05) is 0 Å². The van der Waals surface area contributed by atoms with Gasteiger partial charge in [-0.2, -0.15) is 0 Å². The van der Waals surface area contributed by atoms with E-state index in [0.29, 0.717) is 16.9 Å². The molecule has 0 aliphatic heterocycles. The second kappa shape index (κ2) is 13.1. The second-order valence-electron chi connectivity index (χ2n) is 7.33. The van der Waals surface area contributed by atoms with E-state index >= 15 is 0 Å². The Morgan fingerprint density at radius 3 is 2.36 bits per heavy atom. The summed E-state index contributed by atoms with van der Waals surface area (Å²) in [6, 6.07) is 10.1. The smallest absolute Gasteiger partial charge is 0.243 e. The molecule has 0 bridgehead atoms. The highest BCUT2D eigenvalue weighted by Crippen LogP contribution is 2.10. The highest BCUT2D eigenvalue weighted by molar-refractivity contribution is 6.30. The summed E-state index contributed by atoms with van der Waals surface area (Å²) >= 11 is 5.87. The summed E-state index contributed by atoms with van der Waals surface area (Å²) in [6.45, 7) is 1.49. The number of pyridine rings is 1. The molecule has 0 aliphatic carbocycles. The van der Waals surface area contributed by atoms with Crippen LogP contribution in [0.25, 0.3) is 0 Å². The van der Waals surface area contributed by atoms with Gasteiger partial charge in [-0.3, -0.25) is 24.2 Å². The van der Waals surface area contributed by atoms with Crippen molar-refractivity contribution in [2.45, 2.75) is 44.8 Å². The van der Waals surface area contributed by atoms with Crippen LogP contribution >= 0.6 is 11.6 Å². The van der Waals surface area contributed by atoms with Crippen LogP contribution in [0, 0.1) is 5.41 Å². The minimum atomic E-state index is -1.03. The van der Waals surface area contributed by atoms with Gasteiger partial charge in [-0.05, 0) is 36.2 Å². The standard InChI is InChI=1S/C23H26ClN5O4/c1-15(30)28-21(12-18-4-2-3-11-26-18)23(33)29-20(10-9-19(31)13-25)22(32)27-14-16-5-7-17(24)8-6-16/h2-8,11,13,20-21,25H,9-10,12,14H2,1H3,(H,27,32)(H,28,30)(H,29,33)/t20-,21-/m0/s1. The molecule has 2 aromatic rings. The topological polar surface area (TPSA) is 141 Å². The molecule has 3 amide bonds. The van der Waals surface area contributed by atoms with Crippen LogP contribution in [-0.4, -0.2) is 46.8 Å². The lowest BCUT2D eigenvalue weighted by Gasteiger charge is -2.22. The van der Waals surface area contributed by atoms with Crippen molar-refractivity contribution in [3.05, 3.63) is 64.9 Å². The van der Waals surface area contributed by atoms with E-state index in [1.165, 1.54) is 6.92 Å². The van der Waals surface area contributed by atoms with E-state index in [0.717, 1.165) is 5.56 Å². The molecule has 174 valence electrons. The van der Waals surface area contributed by atoms with E-state index in [1.54, 1.807) is 48.7 Å². The molecule has 2 atom stereocenters. The highest BCUT2D eigenvalue weighted by atomic mass is 35.5. The summed E-state index contributed by atoms with van der Waals surface area (Å²) in [5, 5.41) is 15.6. The Kier molecular flexibility index (Phi) is 10.2. The molecule has 10 heteroatoms. The maximum Gasteiger partial charge on any atom is 0.243 e. The number of nitrogens with one attached hydrogen (secondary N) is 4. The van der Waals surface area contributed by atoms with E-state index in [9.17, 15) is 19.2 Å². The Bertz CT molecular complexity index is 982. The Hall–Kier alpha value is -3.59. The second-order valence-corrected chi connectivity index (χ2v) is 7.77. The van der Waals surface area contributed by atoms with E-state index in [4.69, 9.17) is 17.0 Å². The predicted octanol–water partition coefficient (Wildman–Crippen LogP) is 1.58. The SMILES string of the molecule is CC(=O)N[C@@H](Cc1ccccn1)C(=O)N[C@@H](CCC(=O)C=N)C(=O)NCc1ccc(Cl)cc1. The van der Waals surface area contributed by atoms with Crippen molar-refractivity contribution in [3.63, 3.8) is 0 Å². The Labute approximate surface area is 196 Å². The number of Topliss-reactive ketones (excluding diaryl/α,β-unsaturated/α-hetero) is 1. The lowest BCUT2D eigenvalue weighted by atomic mass is 10.1. The first kappa shape index (κ1) is 25.7. The van der Waals surface area contributed by atoms with E-state index in [1.807, 2.05) is 0 Å². The molecule has 0 aliphatic rings. The van der Waals surface area contributed by atoms with Crippen molar-refractivity contribution in [1.82, 2.24) is 20.9 Å². The third-order valence-electron chi connectivity index (χ3n) is 4.69. The lowest BCUT2D eigenvalue weighted by Crippen LogP contribution is -2.54. The minimum absolute atomic E-state index is 0.00276. The molecule has 4 N–H and O–H groups in total. The Morgan fingerprint density at radius 1 is 1.03 bits per heavy atom. The van der Waals surface area contributed by atoms with Crippen LogP contribution in [0.1, 0.15) is 31.0 Å². The number of hydrogen-bond acceptors (Lipinski definition) is 6. The summed E-state index contributed by atoms with van der Waals surface area (Å²) in [4.78, 5) is 53.1. The van der Waals surface area contributed by atoms with Gasteiger partial charge in [-0.15, -0.1) is 0 Å². The van der Waals surface area contributed by atoms with Crippen molar-refractivity contribution >= 4 is 41.3 Å². The molecule has 2 rings (SSSR count). The van der Waals surface area contributed by atoms with Gasteiger partial charge in [-0.1, -0.05) is 29.8 Å². The van der Waals surface area contributed by atoms with Gasteiger partial charge in [0, 0.05) is 43.2 Å². The third-order valence-corrected chi connectivity index (χ3v) is 4.94. The van der Waals surface area contributed by atoms with Crippen LogP contribution in [0.2, 0.25) is 5.02 Å². The molecular formula is C23H26ClN5O4. The molecule has 0 saturated heterocycles. The molecular weight excluding hydrogens is 446 g/mol. The molecule has 0 radical (unpaired) electrons. The molecule has 0 fully saturated rings. The minimum Gasteiger partial charge on any atom is -0.350 e. The van der Waals surface area contributed by atoms with Crippen LogP contribution in [-0.2, 0) is 32.1 Å². The fraction of sp³-hybridized carbons (Fsp3) is 0.304. The van der Waals surface area contributed by atoms with E-state index < -0.39 is 35.6 Å². The Balaban J connectivity index is 2.10. The number of rotatable bonds is 12. The van der Waals surface area contributed by atoms with Crippen molar-refractivity contribution < 1.29 is 19.2 Å². The summed E-state index contributed by atoms with van der Waals surface area (Å²) in [7, 11) is 0. The van der Waals surface area contributed by atoms with Crippen LogP contribution in [0.5, 0.6) is 0 Å². The maximum atomic E-state index is 12.9. The first-order chi connectivity index (χ1) is 15.8. The van der Waals surface area contributed by atoms with Crippen molar-refractivity contribution in [2.24, 2.45) is 0 Å². The summed E-state index contributed by atoms with van der Waals surface area (Å²) in [5.74, 6) is -1.94. The molecule has 0 unspecified atom stereocenters. The molecule has 1 aromatic heterocycles. The van der Waals surface area contributed by atoms with E-state index in [2.05, 4.69) is 20.9 Å². The number of benzene rings is 1. The third kappa shape index (κ3) is 9.20. The van der Waals surface area contributed by atoms with Gasteiger partial charge >= 0.3 is 0 Å². The molecule has 0 saturated carbocycles. The fourth-order valence-corrected chi connectivity index (χ4v) is 3.12. The van der Waals surface area contributed by atoms with Gasteiger partial charge in [0.15, 0.2) is 5.78 Å². The van der Waals surface area contributed by atoms with E-state index in [-0.39, 0.29) is 25.8 Å². The number of hydrogen-bond donors (Lipinski definition) is 4. The van der Waals surface area contributed by atoms with Crippen molar-refractivity contribution in [1.29, 1.82) is 5.41 Å². The summed E-state index contributed by atoms with van der Waals surface area (Å²) < 4.78 is 0. The van der Waals surface area contributed by atoms with Gasteiger partial charge in [0.2, 0.25) is 17.7 Å². The van der Waals surface area contributed by atoms with Gasteiger partial charge in [0.1, 0.15) is 12.1 Å². The first-order valence-electron chi connectivity index (χ1n) is 10.3. The monoisotopic (exact) mass is 471 g/mol. The van der Waals surface area contributed by atoms with Crippen molar-refractivity contribution in [3.8, 4) is 0 Å². The molecule has 1 heterocycles. The predicted molar refractivity (Wildman–Crippen MR) is 124 cm³/mol. The number of amides is 3. The average Bonchev–Trinajstić information content (AvgIpc) is 2.80. The zero-order chi connectivity index (χ0) is 24.2. The van der Waals surface area contributed by atoms with Gasteiger partial charge in [0.05, 0.1) is 6.21 Å². The lowest BCUT2D eigenvalue weighted by molar-refractivity contribution is -0.132. The highest BCUT2D eigenvalue weighted by Gasteiger charge is 2.27. The van der Waals surface area contributed by atoms with Crippen LogP contribution < -0.4 is 16.0 Å². The molecule has 9 nitrogen and oxygen atoms in total. The fourth-order valence-electron chi connectivity index (χ4n) is 3.00. The quantitative estimate of drug-likeness (QED) is 0.348. The zero-order valence-corrected chi connectivity index (χ0v) is 18.9. The van der Waals surface area contributed by atoms with Gasteiger partial charge in [0.25, 0.3) is 0 Å². The number of carbonyl (C=O) groups is 4. The number of aromatic nitrogens is 1. The maximum absolute atomic E-state index is 12.9. The average molecular weight is 472 g/mol. The number of halogens is 1. The summed E-state index contributed by atoms with van der Waals surface area (Å²) in [5.41, 5.74) is 1.40. The number of carbonyl (C=O) groups excluding carboxylic acids is 4. The zero-order valence-electron chi connectivity index (χ0n) is 18.1. The number of ketones is 1. The number of nitrogens with zero attached hydrogens (tertiary/aromatic N) is 1. The summed E-state index contributed by atoms with van der Waals surface area (Å²) in [6.07, 6.45) is 2.29. The van der Waals surface area contributed by atoms with Crippen LogP contribution in [0.3, 0.4) is 0 Å². The molecule has 1 aromatic carbocycles. The first-order valence-corrected chi connectivity index (χ1v) is 10.7.